The molecule has 0 aliphatic heterocycles. The Morgan fingerprint density at radius 3 is 2.82 bits per heavy atom. The molecule has 0 unspecified atom stereocenters. The minimum Gasteiger partial charge on any atom is -0.270 e. The smallest absolute Gasteiger partial charge is 0.270 e. The van der Waals surface area contributed by atoms with E-state index in [0.29, 0.717) is 0 Å². The maximum absolute atomic E-state index is 11.7. The lowest BCUT2D eigenvalue weighted by atomic mass is 10.3. The number of aryl methyl sites for hydroxylation is 1. The number of nitrogens with one attached hydrogen (secondary N) is 1. The van der Waals surface area contributed by atoms with Gasteiger partial charge in [-0.1, -0.05) is 12.8 Å². The lowest BCUT2D eigenvalue weighted by molar-refractivity contribution is -0.0128. The summed E-state index contributed by atoms with van der Waals surface area (Å²) in [4.78, 5) is 28.0. The first-order valence-electron chi connectivity index (χ1n) is 5.67. The normalized spacial score (nSPS) is 16.1. The summed E-state index contributed by atoms with van der Waals surface area (Å²) in [6, 6.07) is 2.69. The van der Waals surface area contributed by atoms with Crippen molar-refractivity contribution in [2.75, 3.05) is 0 Å². The Labute approximate surface area is 98.5 Å². The van der Waals surface area contributed by atoms with Gasteiger partial charge < -0.3 is 0 Å². The van der Waals surface area contributed by atoms with Crippen molar-refractivity contribution in [2.45, 2.75) is 31.8 Å². The van der Waals surface area contributed by atoms with Gasteiger partial charge in [0, 0.05) is 13.1 Å². The summed E-state index contributed by atoms with van der Waals surface area (Å²) in [6.45, 7) is 0. The number of amides is 1. The highest BCUT2D eigenvalue weighted by Crippen LogP contribution is 2.19. The molecule has 1 aliphatic rings. The Balaban J connectivity index is 1.94. The third-order valence-corrected chi connectivity index (χ3v) is 2.81. The topological polar surface area (TPSA) is 73.2 Å². The molecule has 0 spiro atoms. The first-order valence-corrected chi connectivity index (χ1v) is 5.67. The molecule has 1 N–H and O–H groups in total. The summed E-state index contributed by atoms with van der Waals surface area (Å²) in [7, 11) is 1.50. The molecule has 92 valence electrons. The van der Waals surface area contributed by atoms with Gasteiger partial charge in [0.05, 0.1) is 6.10 Å². The molecule has 1 aliphatic carbocycles. The number of carbonyl (C=O) groups excluding carboxylic acids is 1. The van der Waals surface area contributed by atoms with Crippen LogP contribution < -0.4 is 11.0 Å². The van der Waals surface area contributed by atoms with Crippen LogP contribution in [0.2, 0.25) is 0 Å². The van der Waals surface area contributed by atoms with E-state index in [-0.39, 0.29) is 17.4 Å². The monoisotopic (exact) mass is 237 g/mol. The van der Waals surface area contributed by atoms with Crippen LogP contribution in [-0.4, -0.2) is 21.8 Å². The van der Waals surface area contributed by atoms with Crippen LogP contribution in [0.1, 0.15) is 36.2 Å². The zero-order chi connectivity index (χ0) is 12.3. The predicted molar refractivity (Wildman–Crippen MR) is 60.3 cm³/mol. The lowest BCUT2D eigenvalue weighted by Crippen LogP contribution is -2.31. The van der Waals surface area contributed by atoms with Gasteiger partial charge in [0.1, 0.15) is 0 Å². The summed E-state index contributed by atoms with van der Waals surface area (Å²) >= 11 is 0. The van der Waals surface area contributed by atoms with Crippen LogP contribution in [-0.2, 0) is 11.9 Å². The Kier molecular flexibility index (Phi) is 3.53. The molecule has 0 aromatic carbocycles. The van der Waals surface area contributed by atoms with Gasteiger partial charge in [-0.05, 0) is 18.9 Å². The average Bonchev–Trinajstić information content (AvgIpc) is 2.82. The van der Waals surface area contributed by atoms with E-state index in [0.717, 1.165) is 30.4 Å². The molecule has 0 radical (unpaired) electrons. The van der Waals surface area contributed by atoms with Crippen molar-refractivity contribution in [1.29, 1.82) is 0 Å². The van der Waals surface area contributed by atoms with E-state index in [9.17, 15) is 9.59 Å². The van der Waals surface area contributed by atoms with E-state index in [1.54, 1.807) is 0 Å². The summed E-state index contributed by atoms with van der Waals surface area (Å²) in [6.07, 6.45) is 4.32. The van der Waals surface area contributed by atoms with E-state index in [1.165, 1.54) is 19.2 Å². The second-order valence-corrected chi connectivity index (χ2v) is 4.14. The van der Waals surface area contributed by atoms with Crippen LogP contribution in [0.25, 0.3) is 0 Å². The number of hydrogen-bond donors (Lipinski definition) is 1. The van der Waals surface area contributed by atoms with Gasteiger partial charge in [0.15, 0.2) is 5.69 Å². The van der Waals surface area contributed by atoms with Crippen LogP contribution in [0.15, 0.2) is 16.9 Å². The fourth-order valence-electron chi connectivity index (χ4n) is 1.82. The quantitative estimate of drug-likeness (QED) is 0.771. The van der Waals surface area contributed by atoms with Gasteiger partial charge in [0.2, 0.25) is 0 Å². The highest BCUT2D eigenvalue weighted by Gasteiger charge is 2.17. The molecule has 0 atom stereocenters. The van der Waals surface area contributed by atoms with Crippen LogP contribution in [0, 0.1) is 0 Å². The SMILES string of the molecule is Cn1nc(C(=O)NOC2CCCC2)ccc1=O. The minimum absolute atomic E-state index is 0.103. The minimum atomic E-state index is -0.424. The molecular weight excluding hydrogens is 222 g/mol. The maximum Gasteiger partial charge on any atom is 0.295 e. The molecule has 6 nitrogen and oxygen atoms in total. The molecule has 17 heavy (non-hydrogen) atoms. The van der Waals surface area contributed by atoms with E-state index in [1.807, 2.05) is 0 Å². The van der Waals surface area contributed by atoms with Crippen molar-refractivity contribution in [3.8, 4) is 0 Å². The highest BCUT2D eigenvalue weighted by atomic mass is 16.7. The van der Waals surface area contributed by atoms with Gasteiger partial charge in [0.25, 0.3) is 11.5 Å². The zero-order valence-corrected chi connectivity index (χ0v) is 9.68. The number of nitrogens with zero attached hydrogens (tertiary/aromatic N) is 2. The van der Waals surface area contributed by atoms with Gasteiger partial charge in [-0.2, -0.15) is 5.10 Å². The van der Waals surface area contributed by atoms with Crippen molar-refractivity contribution in [3.05, 3.63) is 28.2 Å². The summed E-state index contributed by atoms with van der Waals surface area (Å²) in [5.41, 5.74) is 2.29. The largest absolute Gasteiger partial charge is 0.295 e. The van der Waals surface area contributed by atoms with Crippen molar-refractivity contribution in [2.24, 2.45) is 7.05 Å². The van der Waals surface area contributed by atoms with Gasteiger partial charge >= 0.3 is 0 Å². The zero-order valence-electron chi connectivity index (χ0n) is 9.68. The third-order valence-electron chi connectivity index (χ3n) is 2.81. The summed E-state index contributed by atoms with van der Waals surface area (Å²) in [5, 5.41) is 3.83. The first kappa shape index (κ1) is 11.8. The van der Waals surface area contributed by atoms with Crippen molar-refractivity contribution in [1.82, 2.24) is 15.3 Å². The Bertz CT molecular complexity index is 463. The van der Waals surface area contributed by atoms with E-state index >= 15 is 0 Å². The number of rotatable bonds is 3. The van der Waals surface area contributed by atoms with Crippen LogP contribution in [0.3, 0.4) is 0 Å². The summed E-state index contributed by atoms with van der Waals surface area (Å²) < 4.78 is 1.12. The van der Waals surface area contributed by atoms with Gasteiger partial charge in [-0.3, -0.25) is 14.4 Å². The molecule has 6 heteroatoms. The van der Waals surface area contributed by atoms with Crippen LogP contribution in [0.5, 0.6) is 0 Å². The number of hydrogen-bond acceptors (Lipinski definition) is 4. The van der Waals surface area contributed by atoms with Gasteiger partial charge in [-0.15, -0.1) is 0 Å². The molecule has 1 amide bonds. The Morgan fingerprint density at radius 2 is 2.18 bits per heavy atom. The molecule has 1 heterocycles. The number of carbonyl (C=O) groups is 1. The second kappa shape index (κ2) is 5.09. The molecule has 1 aromatic rings. The molecule has 1 fully saturated rings. The molecule has 0 saturated heterocycles. The standard InChI is InChI=1S/C11H15N3O3/c1-14-10(15)7-6-9(12-14)11(16)13-17-8-4-2-3-5-8/h6-8H,2-5H2,1H3,(H,13,16). The number of hydroxylamine groups is 1. The fraction of sp³-hybridized carbons (Fsp3) is 0.545. The molecule has 0 bridgehead atoms. The Morgan fingerprint density at radius 1 is 1.47 bits per heavy atom. The first-order chi connectivity index (χ1) is 8.16. The molecular formula is C11H15N3O3. The van der Waals surface area contributed by atoms with Crippen molar-refractivity contribution in [3.63, 3.8) is 0 Å². The second-order valence-electron chi connectivity index (χ2n) is 4.14. The predicted octanol–water partition coefficient (Wildman–Crippen LogP) is 0.384. The summed E-state index contributed by atoms with van der Waals surface area (Å²) in [5.74, 6) is -0.424. The van der Waals surface area contributed by atoms with Crippen molar-refractivity contribution < 1.29 is 9.63 Å². The van der Waals surface area contributed by atoms with E-state index < -0.39 is 5.91 Å². The molecule has 1 aromatic heterocycles. The highest BCUT2D eigenvalue weighted by molar-refractivity contribution is 5.91. The molecule has 2 rings (SSSR count). The van der Waals surface area contributed by atoms with Crippen molar-refractivity contribution >= 4 is 5.91 Å². The molecule has 1 saturated carbocycles. The van der Waals surface area contributed by atoms with Crippen LogP contribution in [0.4, 0.5) is 0 Å². The fourth-order valence-corrected chi connectivity index (χ4v) is 1.82. The maximum atomic E-state index is 11.7. The number of aromatic nitrogens is 2. The average molecular weight is 237 g/mol. The Hall–Kier alpha value is -1.69. The third kappa shape index (κ3) is 2.91. The lowest BCUT2D eigenvalue weighted by Gasteiger charge is -2.10. The van der Waals surface area contributed by atoms with E-state index in [2.05, 4.69) is 10.6 Å². The van der Waals surface area contributed by atoms with Gasteiger partial charge in [-0.25, -0.2) is 10.2 Å². The van der Waals surface area contributed by atoms with Crippen LogP contribution >= 0.6 is 0 Å². The van der Waals surface area contributed by atoms with E-state index in [4.69, 9.17) is 4.84 Å².